The number of carbonyl (C=O) groups is 4. The van der Waals surface area contributed by atoms with E-state index in [1.54, 1.807) is 17.0 Å². The molecule has 242 valence electrons. The van der Waals surface area contributed by atoms with Crippen molar-refractivity contribution in [3.63, 3.8) is 0 Å². The van der Waals surface area contributed by atoms with E-state index in [9.17, 15) is 19.2 Å². The SMILES string of the molecule is O=C1CCCN(C(=O)CN2CCOc3ccccc3C2)CCNC(=O)[C@H](Cc2ccccc2)NC(=O)c2cc(ccn2)NCCN1. The average Bonchev–Trinajstić information content (AvgIpc) is 3.27. The lowest BCUT2D eigenvalue weighted by Gasteiger charge is -2.27. The van der Waals surface area contributed by atoms with Crippen molar-refractivity contribution in [2.24, 2.45) is 0 Å². The second kappa shape index (κ2) is 16.4. The van der Waals surface area contributed by atoms with Crippen molar-refractivity contribution < 1.29 is 23.9 Å². The van der Waals surface area contributed by atoms with Crippen LogP contribution < -0.4 is 26.0 Å². The number of nitrogens with zero attached hydrogens (tertiary/aromatic N) is 3. The van der Waals surface area contributed by atoms with Gasteiger partial charge in [-0.25, -0.2) is 0 Å². The van der Waals surface area contributed by atoms with E-state index in [2.05, 4.69) is 31.2 Å². The molecule has 5 rings (SSSR count). The normalized spacial score (nSPS) is 18.9. The fraction of sp³-hybridized carbons (Fsp3) is 0.382. The van der Waals surface area contributed by atoms with Crippen LogP contribution in [-0.4, -0.2) is 96.9 Å². The predicted octanol–water partition coefficient (Wildman–Crippen LogP) is 1.58. The van der Waals surface area contributed by atoms with Crippen LogP contribution in [0.4, 0.5) is 5.69 Å². The van der Waals surface area contributed by atoms with Gasteiger partial charge < -0.3 is 30.9 Å². The zero-order chi connectivity index (χ0) is 32.1. The number of aromatic nitrogens is 1. The summed E-state index contributed by atoms with van der Waals surface area (Å²) in [6.45, 7) is 3.48. The summed E-state index contributed by atoms with van der Waals surface area (Å²) in [6, 6.07) is 19.8. The summed E-state index contributed by atoms with van der Waals surface area (Å²) < 4.78 is 5.86. The lowest BCUT2D eigenvalue weighted by Crippen LogP contribution is -2.50. The molecule has 1 aromatic heterocycles. The molecular weight excluding hydrogens is 586 g/mol. The van der Waals surface area contributed by atoms with Crippen LogP contribution in [0.5, 0.6) is 5.75 Å². The molecule has 12 nitrogen and oxygen atoms in total. The second-order valence-corrected chi connectivity index (χ2v) is 11.4. The molecule has 12 heteroatoms. The van der Waals surface area contributed by atoms with E-state index in [0.717, 1.165) is 16.9 Å². The Kier molecular flexibility index (Phi) is 11.5. The summed E-state index contributed by atoms with van der Waals surface area (Å²) in [5.74, 6) is -0.221. The van der Waals surface area contributed by atoms with Crippen molar-refractivity contribution in [2.45, 2.75) is 31.8 Å². The van der Waals surface area contributed by atoms with E-state index >= 15 is 0 Å². The molecule has 0 saturated carbocycles. The minimum absolute atomic E-state index is 0.0939. The first-order valence-corrected chi connectivity index (χ1v) is 15.7. The summed E-state index contributed by atoms with van der Waals surface area (Å²) in [7, 11) is 0. The van der Waals surface area contributed by atoms with Gasteiger partial charge >= 0.3 is 0 Å². The molecule has 0 saturated heterocycles. The first-order valence-electron chi connectivity index (χ1n) is 15.7. The Morgan fingerprint density at radius 2 is 1.70 bits per heavy atom. The number of hydrogen-bond donors (Lipinski definition) is 4. The maximum absolute atomic E-state index is 13.6. The van der Waals surface area contributed by atoms with Gasteiger partial charge in [0.1, 0.15) is 24.1 Å². The number of rotatable bonds is 4. The highest BCUT2D eigenvalue weighted by molar-refractivity contribution is 5.96. The number of anilines is 1. The highest BCUT2D eigenvalue weighted by atomic mass is 16.5. The number of fused-ring (bicyclic) bond motifs is 3. The Balaban J connectivity index is 1.29. The molecule has 0 aliphatic carbocycles. The fourth-order valence-electron chi connectivity index (χ4n) is 5.49. The summed E-state index contributed by atoms with van der Waals surface area (Å²) in [5.41, 5.74) is 2.75. The molecule has 0 fully saturated rings. The zero-order valence-corrected chi connectivity index (χ0v) is 25.9. The molecule has 2 aromatic carbocycles. The lowest BCUT2D eigenvalue weighted by molar-refractivity contribution is -0.133. The van der Waals surface area contributed by atoms with Gasteiger partial charge in [0.05, 0.1) is 6.54 Å². The molecule has 2 bridgehead atoms. The Morgan fingerprint density at radius 1 is 0.891 bits per heavy atom. The summed E-state index contributed by atoms with van der Waals surface area (Å²) in [5, 5.41) is 11.9. The first kappa shape index (κ1) is 32.4. The molecule has 0 unspecified atom stereocenters. The van der Waals surface area contributed by atoms with Crippen molar-refractivity contribution in [2.75, 3.05) is 57.7 Å². The van der Waals surface area contributed by atoms with Gasteiger partial charge in [0.15, 0.2) is 0 Å². The highest BCUT2D eigenvalue weighted by Crippen LogP contribution is 2.22. The van der Waals surface area contributed by atoms with Crippen LogP contribution in [0.15, 0.2) is 72.9 Å². The number of benzene rings is 2. The van der Waals surface area contributed by atoms with Crippen LogP contribution in [0.2, 0.25) is 0 Å². The van der Waals surface area contributed by atoms with Crippen LogP contribution in [0.1, 0.15) is 34.5 Å². The van der Waals surface area contributed by atoms with E-state index < -0.39 is 11.9 Å². The number of hydrogen-bond acceptors (Lipinski definition) is 8. The van der Waals surface area contributed by atoms with Gasteiger partial charge in [0.25, 0.3) is 5.91 Å². The van der Waals surface area contributed by atoms with E-state index in [1.807, 2.05) is 54.6 Å². The maximum atomic E-state index is 13.6. The largest absolute Gasteiger partial charge is 0.492 e. The third-order valence-electron chi connectivity index (χ3n) is 7.93. The third kappa shape index (κ3) is 9.51. The van der Waals surface area contributed by atoms with Crippen LogP contribution in [0.25, 0.3) is 0 Å². The van der Waals surface area contributed by atoms with Gasteiger partial charge in [-0.3, -0.25) is 29.1 Å². The summed E-state index contributed by atoms with van der Waals surface area (Å²) in [6.07, 6.45) is 2.54. The average molecular weight is 628 g/mol. The predicted molar refractivity (Wildman–Crippen MR) is 173 cm³/mol. The van der Waals surface area contributed by atoms with Crippen LogP contribution >= 0.6 is 0 Å². The molecule has 2 aliphatic heterocycles. The van der Waals surface area contributed by atoms with Gasteiger partial charge in [-0.05, 0) is 30.2 Å². The molecule has 1 atom stereocenters. The maximum Gasteiger partial charge on any atom is 0.270 e. The molecule has 0 radical (unpaired) electrons. The van der Waals surface area contributed by atoms with Gasteiger partial charge in [-0.15, -0.1) is 0 Å². The monoisotopic (exact) mass is 627 g/mol. The molecule has 46 heavy (non-hydrogen) atoms. The molecule has 3 aromatic rings. The molecule has 4 N–H and O–H groups in total. The topological polar surface area (TPSA) is 145 Å². The molecule has 0 spiro atoms. The number of carbonyl (C=O) groups excluding carboxylic acids is 4. The Labute approximate surface area is 268 Å². The Morgan fingerprint density at radius 3 is 2.57 bits per heavy atom. The smallest absolute Gasteiger partial charge is 0.270 e. The van der Waals surface area contributed by atoms with Gasteiger partial charge in [0, 0.05) is 76.1 Å². The fourth-order valence-corrected chi connectivity index (χ4v) is 5.49. The quantitative estimate of drug-likeness (QED) is 0.342. The third-order valence-corrected chi connectivity index (χ3v) is 7.93. The molecule has 4 amide bonds. The molecule has 3 heterocycles. The van der Waals surface area contributed by atoms with Crippen molar-refractivity contribution in [1.82, 2.24) is 30.7 Å². The van der Waals surface area contributed by atoms with Gasteiger partial charge in [0.2, 0.25) is 17.7 Å². The van der Waals surface area contributed by atoms with E-state index in [1.165, 1.54) is 6.20 Å². The second-order valence-electron chi connectivity index (χ2n) is 11.4. The first-order chi connectivity index (χ1) is 22.4. The number of pyridine rings is 1. The lowest BCUT2D eigenvalue weighted by atomic mass is 10.0. The number of ether oxygens (including phenoxy) is 1. The van der Waals surface area contributed by atoms with E-state index in [0.29, 0.717) is 51.4 Å². The van der Waals surface area contributed by atoms with E-state index in [-0.39, 0.29) is 55.9 Å². The standard InChI is InChI=1S/C34H41N7O5/c42-31-11-6-17-41(32(43)24-40-19-20-46-30-10-5-4-9-26(30)23-40)18-16-38-33(44)29(21-25-7-2-1-3-8-25)39-34(45)28-22-27(12-13-36-28)35-14-15-37-31/h1-5,7-10,12-13,22,29,35H,6,11,14-21,23-24H2,(H,37,42)(H,38,44)(H,39,45)/t29-/m0/s1. The number of amides is 4. The van der Waals surface area contributed by atoms with Crippen LogP contribution in [-0.2, 0) is 27.3 Å². The zero-order valence-electron chi connectivity index (χ0n) is 25.9. The Hall–Kier alpha value is -4.97. The number of para-hydroxylation sites is 1. The minimum atomic E-state index is -0.862. The van der Waals surface area contributed by atoms with Crippen LogP contribution in [0, 0.1) is 0 Å². The van der Waals surface area contributed by atoms with Crippen molar-refractivity contribution >= 4 is 29.3 Å². The van der Waals surface area contributed by atoms with Crippen molar-refractivity contribution in [1.29, 1.82) is 0 Å². The van der Waals surface area contributed by atoms with Crippen molar-refractivity contribution in [3.05, 3.63) is 89.7 Å². The number of nitrogens with one attached hydrogen (secondary N) is 4. The summed E-state index contributed by atoms with van der Waals surface area (Å²) in [4.78, 5) is 60.8. The van der Waals surface area contributed by atoms with E-state index in [4.69, 9.17) is 4.74 Å². The molecule has 2 aliphatic rings. The van der Waals surface area contributed by atoms with Gasteiger partial charge in [-0.2, -0.15) is 0 Å². The minimum Gasteiger partial charge on any atom is -0.492 e. The van der Waals surface area contributed by atoms with Crippen molar-refractivity contribution in [3.8, 4) is 5.75 Å². The van der Waals surface area contributed by atoms with Crippen LogP contribution in [0.3, 0.4) is 0 Å². The molecular formula is C34H41N7O5. The highest BCUT2D eigenvalue weighted by Gasteiger charge is 2.25. The Bertz CT molecular complexity index is 1500. The van der Waals surface area contributed by atoms with Gasteiger partial charge in [-0.1, -0.05) is 48.5 Å². The summed E-state index contributed by atoms with van der Waals surface area (Å²) >= 11 is 0.